The number of allylic oxidation sites excluding steroid dienone is 1. The number of anilines is 1. The van der Waals surface area contributed by atoms with Crippen LogP contribution < -0.4 is 10.6 Å². The summed E-state index contributed by atoms with van der Waals surface area (Å²) in [5, 5.41) is 13.8. The molecular formula is C21H21N9O. The predicted octanol–water partition coefficient (Wildman–Crippen LogP) is 0.942. The minimum absolute atomic E-state index is 0.422. The average molecular weight is 415 g/mol. The summed E-state index contributed by atoms with van der Waals surface area (Å²) in [7, 11) is 1.65. The molecule has 4 rings (SSSR count). The van der Waals surface area contributed by atoms with Gasteiger partial charge >= 0.3 is 0 Å². The van der Waals surface area contributed by atoms with E-state index in [-0.39, 0.29) is 0 Å². The van der Waals surface area contributed by atoms with Crippen LogP contribution in [-0.4, -0.2) is 70.3 Å². The number of carbonyl (C=O) groups excluding carboxylic acids is 1. The van der Waals surface area contributed by atoms with Crippen molar-refractivity contribution < 1.29 is 4.79 Å². The molecule has 3 aromatic heterocycles. The Kier molecular flexibility index (Phi) is 5.57. The fraction of sp³-hybridized carbons (Fsp3) is 0.238. The highest BCUT2D eigenvalue weighted by molar-refractivity contribution is 6.09. The highest BCUT2D eigenvalue weighted by Crippen LogP contribution is 2.28. The molecule has 1 amide bonds. The Balaban J connectivity index is 1.75. The molecule has 10 heteroatoms. The van der Waals surface area contributed by atoms with Gasteiger partial charge in [-0.15, -0.1) is 0 Å². The van der Waals surface area contributed by atoms with Crippen LogP contribution in [0.15, 0.2) is 41.9 Å². The first-order chi connectivity index (χ1) is 15.2. The molecule has 0 saturated carbocycles. The third-order valence-corrected chi connectivity index (χ3v) is 5.17. The van der Waals surface area contributed by atoms with Crippen LogP contribution >= 0.6 is 0 Å². The number of hydrogen-bond donors (Lipinski definition) is 1. The van der Waals surface area contributed by atoms with Gasteiger partial charge in [0, 0.05) is 63.0 Å². The Morgan fingerprint density at radius 1 is 1.26 bits per heavy atom. The lowest BCUT2D eigenvalue weighted by Crippen LogP contribution is -2.46. The number of hydrogen-bond acceptors (Lipinski definition) is 8. The van der Waals surface area contributed by atoms with Crippen LogP contribution in [0.3, 0.4) is 0 Å². The van der Waals surface area contributed by atoms with Crippen molar-refractivity contribution in [2.75, 3.05) is 38.1 Å². The van der Waals surface area contributed by atoms with Gasteiger partial charge in [0.05, 0.1) is 23.8 Å². The summed E-state index contributed by atoms with van der Waals surface area (Å²) >= 11 is 0. The third-order valence-electron chi connectivity index (χ3n) is 5.17. The van der Waals surface area contributed by atoms with Crippen molar-refractivity contribution in [1.29, 1.82) is 5.26 Å². The van der Waals surface area contributed by atoms with Crippen molar-refractivity contribution in [3.05, 3.63) is 48.2 Å². The zero-order valence-corrected chi connectivity index (χ0v) is 17.0. The lowest BCUT2D eigenvalue weighted by molar-refractivity contribution is -0.118. The van der Waals surface area contributed by atoms with Gasteiger partial charge in [-0.2, -0.15) is 10.4 Å². The number of fused-ring (bicyclic) bond motifs is 1. The number of rotatable bonds is 5. The molecule has 0 radical (unpaired) electrons. The lowest BCUT2D eigenvalue weighted by atomic mass is 10.1. The molecule has 1 fully saturated rings. The molecule has 0 spiro atoms. The van der Waals surface area contributed by atoms with Crippen LogP contribution in [0.1, 0.15) is 11.3 Å². The van der Waals surface area contributed by atoms with E-state index in [0.29, 0.717) is 41.1 Å². The van der Waals surface area contributed by atoms with Crippen LogP contribution in [0, 0.1) is 11.3 Å². The van der Waals surface area contributed by atoms with Crippen LogP contribution in [0.25, 0.3) is 22.3 Å². The van der Waals surface area contributed by atoms with Gasteiger partial charge in [-0.3, -0.25) is 9.79 Å². The molecule has 1 aliphatic rings. The first kappa shape index (κ1) is 20.0. The standard InChI is InChI=1S/C21H21N9O/c1-24-10-16(8-22)18-13-30-21(17(9-23)12-26-30)20(27-18)15-2-3-19(25-11-15)29-6-4-28(14-31)5-7-29/h2-3,8,10-14H,4-7,22H2,1H3. The van der Waals surface area contributed by atoms with Crippen LogP contribution in [-0.2, 0) is 4.79 Å². The van der Waals surface area contributed by atoms with Gasteiger partial charge in [0.1, 0.15) is 23.0 Å². The van der Waals surface area contributed by atoms with Gasteiger partial charge in [-0.1, -0.05) is 0 Å². The van der Waals surface area contributed by atoms with Gasteiger partial charge in [0.15, 0.2) is 0 Å². The summed E-state index contributed by atoms with van der Waals surface area (Å²) in [5.41, 5.74) is 9.34. The van der Waals surface area contributed by atoms with Gasteiger partial charge < -0.3 is 15.5 Å². The van der Waals surface area contributed by atoms with E-state index in [0.717, 1.165) is 30.9 Å². The molecule has 4 heterocycles. The Hall–Kier alpha value is -4.26. The number of aromatic nitrogens is 4. The second-order valence-electron chi connectivity index (χ2n) is 6.98. The highest BCUT2D eigenvalue weighted by Gasteiger charge is 2.19. The zero-order chi connectivity index (χ0) is 21.8. The zero-order valence-electron chi connectivity index (χ0n) is 17.0. The molecule has 10 nitrogen and oxygen atoms in total. The molecule has 2 N–H and O–H groups in total. The molecule has 1 saturated heterocycles. The van der Waals surface area contributed by atoms with Gasteiger partial charge in [0.2, 0.25) is 6.41 Å². The molecule has 0 atom stereocenters. The van der Waals surface area contributed by atoms with Crippen molar-refractivity contribution >= 4 is 29.5 Å². The molecule has 3 aromatic rings. The molecule has 0 aromatic carbocycles. The van der Waals surface area contributed by atoms with Gasteiger partial charge in [-0.25, -0.2) is 14.5 Å². The molecule has 1 aliphatic heterocycles. The second-order valence-corrected chi connectivity index (χ2v) is 6.98. The van der Waals surface area contributed by atoms with E-state index in [1.807, 2.05) is 12.1 Å². The van der Waals surface area contributed by atoms with Crippen LogP contribution in [0.4, 0.5) is 5.82 Å². The summed E-state index contributed by atoms with van der Waals surface area (Å²) in [6.07, 6.45) is 8.89. The Bertz CT molecular complexity index is 1200. The summed E-state index contributed by atoms with van der Waals surface area (Å²) in [6, 6.07) is 6.02. The summed E-state index contributed by atoms with van der Waals surface area (Å²) in [4.78, 5) is 28.2. The van der Waals surface area contributed by atoms with E-state index in [4.69, 9.17) is 10.7 Å². The third kappa shape index (κ3) is 3.81. The molecule has 31 heavy (non-hydrogen) atoms. The average Bonchev–Trinajstić information content (AvgIpc) is 3.25. The van der Waals surface area contributed by atoms with E-state index < -0.39 is 0 Å². The number of amides is 1. The fourth-order valence-corrected chi connectivity index (χ4v) is 3.54. The van der Waals surface area contributed by atoms with Crippen molar-refractivity contribution in [2.45, 2.75) is 0 Å². The minimum Gasteiger partial charge on any atom is -0.404 e. The number of carbonyl (C=O) groups is 1. The maximum atomic E-state index is 10.9. The summed E-state index contributed by atoms with van der Waals surface area (Å²) < 4.78 is 1.62. The highest BCUT2D eigenvalue weighted by atomic mass is 16.1. The van der Waals surface area contributed by atoms with Crippen molar-refractivity contribution in [3.8, 4) is 17.3 Å². The quantitative estimate of drug-likeness (QED) is 0.485. The number of pyridine rings is 1. The van der Waals surface area contributed by atoms with E-state index in [1.54, 1.807) is 35.1 Å². The summed E-state index contributed by atoms with van der Waals surface area (Å²) in [5.74, 6) is 0.830. The van der Waals surface area contributed by atoms with Gasteiger partial charge in [-0.05, 0) is 12.1 Å². The van der Waals surface area contributed by atoms with Crippen molar-refractivity contribution in [1.82, 2.24) is 24.5 Å². The number of aliphatic imine (C=N–C) groups is 1. The monoisotopic (exact) mass is 415 g/mol. The van der Waals surface area contributed by atoms with Crippen LogP contribution in [0.2, 0.25) is 0 Å². The minimum atomic E-state index is 0.422. The van der Waals surface area contributed by atoms with E-state index >= 15 is 0 Å². The first-order valence-corrected chi connectivity index (χ1v) is 9.72. The number of nitrogens with two attached hydrogens (primary N) is 1. The maximum Gasteiger partial charge on any atom is 0.209 e. The molecule has 0 bridgehead atoms. The number of piperazine rings is 1. The molecular weight excluding hydrogens is 394 g/mol. The topological polar surface area (TPSA) is 129 Å². The predicted molar refractivity (Wildman–Crippen MR) is 117 cm³/mol. The van der Waals surface area contributed by atoms with Gasteiger partial charge in [0.25, 0.3) is 0 Å². The number of nitriles is 1. The van der Waals surface area contributed by atoms with E-state index in [1.165, 1.54) is 12.4 Å². The Labute approximate surface area is 178 Å². The van der Waals surface area contributed by atoms with Crippen molar-refractivity contribution in [3.63, 3.8) is 0 Å². The largest absolute Gasteiger partial charge is 0.404 e. The molecule has 0 unspecified atom stereocenters. The van der Waals surface area contributed by atoms with Crippen molar-refractivity contribution in [2.24, 2.45) is 10.7 Å². The van der Waals surface area contributed by atoms with E-state index in [9.17, 15) is 10.1 Å². The SMILES string of the molecule is CN=CC(=CN)c1cn2ncc(C#N)c2c(-c2ccc(N3CCN(C=O)CC3)nc2)n1. The molecule has 156 valence electrons. The lowest BCUT2D eigenvalue weighted by Gasteiger charge is -2.33. The normalized spacial score (nSPS) is 14.9. The van der Waals surface area contributed by atoms with Crippen LogP contribution in [0.5, 0.6) is 0 Å². The summed E-state index contributed by atoms with van der Waals surface area (Å²) in [6.45, 7) is 2.80. The first-order valence-electron chi connectivity index (χ1n) is 9.72. The fourth-order valence-electron chi connectivity index (χ4n) is 3.54. The smallest absolute Gasteiger partial charge is 0.209 e. The molecule has 0 aliphatic carbocycles. The Morgan fingerprint density at radius 3 is 2.68 bits per heavy atom. The van der Waals surface area contributed by atoms with E-state index in [2.05, 4.69) is 26.0 Å². The number of nitrogens with zero attached hydrogens (tertiary/aromatic N) is 8. The Morgan fingerprint density at radius 2 is 2.06 bits per heavy atom. The second kappa shape index (κ2) is 8.62. The maximum absolute atomic E-state index is 10.9.